The third kappa shape index (κ3) is 4.27. The van der Waals surface area contributed by atoms with Gasteiger partial charge in [0, 0.05) is 24.0 Å². The van der Waals surface area contributed by atoms with Crippen molar-refractivity contribution in [2.45, 2.75) is 51.6 Å². The lowest BCUT2D eigenvalue weighted by Gasteiger charge is -2.38. The van der Waals surface area contributed by atoms with Gasteiger partial charge in [0.05, 0.1) is 15.9 Å². The van der Waals surface area contributed by atoms with E-state index < -0.39 is 17.4 Å². The average Bonchev–Trinajstić information content (AvgIpc) is 3.26. The summed E-state index contributed by atoms with van der Waals surface area (Å²) in [7, 11) is 0. The first-order valence-electron chi connectivity index (χ1n) is 11.9. The molecule has 0 bridgehead atoms. The molecule has 0 radical (unpaired) electrons. The molecule has 2 atom stereocenters. The number of carboxylic acids is 1. The number of hydrogen-bond donors (Lipinski definition) is 3. The van der Waals surface area contributed by atoms with Crippen molar-refractivity contribution in [3.63, 3.8) is 0 Å². The van der Waals surface area contributed by atoms with E-state index in [1.165, 1.54) is 6.42 Å². The number of nitrogens with zero attached hydrogens (tertiary/aromatic N) is 3. The topological polar surface area (TPSA) is 109 Å². The molecule has 2 aliphatic rings. The summed E-state index contributed by atoms with van der Waals surface area (Å²) in [6, 6.07) is 11.0. The van der Waals surface area contributed by atoms with Gasteiger partial charge in [0.15, 0.2) is 11.4 Å². The molecular weight excluding hydrogens is 510 g/mol. The fraction of sp³-hybridized carbons (Fsp3) is 0.385. The number of hydrogen-bond acceptors (Lipinski definition) is 6. The van der Waals surface area contributed by atoms with E-state index in [1.807, 2.05) is 36.4 Å². The first-order chi connectivity index (χ1) is 16.8. The van der Waals surface area contributed by atoms with Crippen molar-refractivity contribution in [3.05, 3.63) is 64.2 Å². The first-order valence-corrected chi connectivity index (χ1v) is 12.7. The Morgan fingerprint density at radius 2 is 2.06 bits per heavy atom. The Bertz CT molecular complexity index is 1320. The van der Waals surface area contributed by atoms with Crippen LogP contribution in [0.1, 0.15) is 50.5 Å². The lowest BCUT2D eigenvalue weighted by molar-refractivity contribution is -0.139. The standard InChI is InChI=1S/C26H28BrN5O3/c1-26(2)21(20(27)22(26)33)30-19(25(34)35)14-15-8-10-16(11-9-15)32-23-18(7-5-13-29-23)31-24(32)17-6-3-4-12-28-17/h5,7-11,13,17,19,28,30H,3-4,6,12,14H2,1-2H3,(H,34,35)/t17-,19-/m0/s1. The molecule has 1 aliphatic carbocycles. The lowest BCUT2D eigenvalue weighted by atomic mass is 9.74. The highest BCUT2D eigenvalue weighted by Crippen LogP contribution is 2.43. The second-order valence-corrected chi connectivity index (χ2v) is 10.5. The molecule has 8 nitrogen and oxygen atoms in total. The minimum atomic E-state index is -0.965. The summed E-state index contributed by atoms with van der Waals surface area (Å²) in [6.07, 6.45) is 5.41. The van der Waals surface area contributed by atoms with Crippen molar-refractivity contribution < 1.29 is 14.7 Å². The summed E-state index contributed by atoms with van der Waals surface area (Å²) in [4.78, 5) is 33.5. The molecule has 1 saturated heterocycles. The minimum absolute atomic E-state index is 0.0297. The molecule has 0 saturated carbocycles. The number of pyridine rings is 1. The van der Waals surface area contributed by atoms with E-state index in [0.717, 1.165) is 47.6 Å². The Morgan fingerprint density at radius 3 is 2.71 bits per heavy atom. The van der Waals surface area contributed by atoms with Crippen LogP contribution >= 0.6 is 15.9 Å². The molecule has 1 aromatic carbocycles. The number of carbonyl (C=O) groups is 2. The molecule has 1 aliphatic heterocycles. The Kier molecular flexibility index (Phi) is 6.23. The van der Waals surface area contributed by atoms with E-state index in [-0.39, 0.29) is 18.2 Å². The smallest absolute Gasteiger partial charge is 0.326 e. The maximum atomic E-state index is 12.1. The number of allylic oxidation sites excluding steroid dienone is 2. The third-order valence-corrected chi connectivity index (χ3v) is 7.68. The highest BCUT2D eigenvalue weighted by Gasteiger charge is 2.46. The Balaban J connectivity index is 1.42. The molecule has 0 spiro atoms. The van der Waals surface area contributed by atoms with Crippen molar-refractivity contribution in [3.8, 4) is 5.69 Å². The van der Waals surface area contributed by atoms with Gasteiger partial charge in [-0.05, 0) is 79.0 Å². The monoisotopic (exact) mass is 537 g/mol. The zero-order chi connectivity index (χ0) is 24.7. The number of benzene rings is 1. The number of rotatable bonds is 7. The van der Waals surface area contributed by atoms with Gasteiger partial charge in [-0.3, -0.25) is 9.36 Å². The summed E-state index contributed by atoms with van der Waals surface area (Å²) >= 11 is 3.28. The van der Waals surface area contributed by atoms with Crippen LogP contribution in [0.2, 0.25) is 0 Å². The molecule has 0 unspecified atom stereocenters. The van der Waals surface area contributed by atoms with Crippen LogP contribution in [0.4, 0.5) is 0 Å². The van der Waals surface area contributed by atoms with Crippen LogP contribution in [0.15, 0.2) is 52.8 Å². The van der Waals surface area contributed by atoms with Gasteiger partial charge >= 0.3 is 5.97 Å². The Labute approximate surface area is 212 Å². The van der Waals surface area contributed by atoms with Crippen molar-refractivity contribution in [2.75, 3.05) is 6.54 Å². The van der Waals surface area contributed by atoms with Crippen molar-refractivity contribution in [1.82, 2.24) is 25.2 Å². The van der Waals surface area contributed by atoms with E-state index in [2.05, 4.69) is 36.1 Å². The highest BCUT2D eigenvalue weighted by atomic mass is 79.9. The number of aromatic nitrogens is 3. The number of fused-ring (bicyclic) bond motifs is 1. The molecule has 3 heterocycles. The largest absolute Gasteiger partial charge is 0.480 e. The van der Waals surface area contributed by atoms with E-state index in [1.54, 1.807) is 20.0 Å². The SMILES string of the molecule is CC1(C)C(=O)C(Br)=C1N[C@@H](Cc1ccc(-n2c([C@@H]3CCCCN3)nc3cccnc32)cc1)C(=O)O. The highest BCUT2D eigenvalue weighted by molar-refractivity contribution is 9.12. The molecule has 182 valence electrons. The number of piperidine rings is 1. The quantitative estimate of drug-likeness (QED) is 0.417. The molecule has 3 N–H and O–H groups in total. The van der Waals surface area contributed by atoms with Crippen molar-refractivity contribution in [1.29, 1.82) is 0 Å². The van der Waals surface area contributed by atoms with Crippen LogP contribution in [-0.2, 0) is 16.0 Å². The first kappa shape index (κ1) is 23.7. The molecular formula is C26H28BrN5O3. The zero-order valence-electron chi connectivity index (χ0n) is 19.7. The predicted octanol–water partition coefficient (Wildman–Crippen LogP) is 4.04. The summed E-state index contributed by atoms with van der Waals surface area (Å²) in [5, 5.41) is 16.5. The maximum absolute atomic E-state index is 12.1. The molecule has 2 aromatic heterocycles. The summed E-state index contributed by atoms with van der Waals surface area (Å²) < 4.78 is 2.52. The van der Waals surface area contributed by atoms with Crippen molar-refractivity contribution >= 4 is 38.8 Å². The number of ketones is 1. The average molecular weight is 538 g/mol. The molecule has 9 heteroatoms. The lowest BCUT2D eigenvalue weighted by Crippen LogP contribution is -2.50. The van der Waals surface area contributed by atoms with Crippen LogP contribution in [0.5, 0.6) is 0 Å². The van der Waals surface area contributed by atoms with Crippen LogP contribution in [-0.4, -0.2) is 44.0 Å². The summed E-state index contributed by atoms with van der Waals surface area (Å²) in [5.41, 5.74) is 3.39. The van der Waals surface area contributed by atoms with Gasteiger partial charge in [-0.25, -0.2) is 14.8 Å². The number of Topliss-reactive ketones (excluding diaryl/α,β-unsaturated/α-hetero) is 1. The molecule has 35 heavy (non-hydrogen) atoms. The van der Waals surface area contributed by atoms with Gasteiger partial charge in [-0.1, -0.05) is 18.6 Å². The van der Waals surface area contributed by atoms with E-state index in [0.29, 0.717) is 10.2 Å². The fourth-order valence-corrected chi connectivity index (χ4v) is 5.94. The number of carbonyl (C=O) groups excluding carboxylic acids is 1. The maximum Gasteiger partial charge on any atom is 0.326 e. The molecule has 1 fully saturated rings. The summed E-state index contributed by atoms with van der Waals surface area (Å²) in [5.74, 6) is -0.0460. The van der Waals surface area contributed by atoms with Gasteiger partial charge in [-0.15, -0.1) is 0 Å². The fourth-order valence-electron chi connectivity index (χ4n) is 4.84. The number of aliphatic carboxylic acids is 1. The van der Waals surface area contributed by atoms with Gasteiger partial charge in [0.1, 0.15) is 17.4 Å². The van der Waals surface area contributed by atoms with Gasteiger partial charge in [0.25, 0.3) is 0 Å². The number of halogens is 1. The molecule has 3 aromatic rings. The van der Waals surface area contributed by atoms with Crippen LogP contribution < -0.4 is 10.6 Å². The van der Waals surface area contributed by atoms with Crippen LogP contribution in [0, 0.1) is 5.41 Å². The van der Waals surface area contributed by atoms with Crippen molar-refractivity contribution in [2.24, 2.45) is 5.41 Å². The van der Waals surface area contributed by atoms with Crippen LogP contribution in [0.25, 0.3) is 16.9 Å². The van der Waals surface area contributed by atoms with E-state index in [4.69, 9.17) is 4.98 Å². The third-order valence-electron chi connectivity index (χ3n) is 6.93. The zero-order valence-corrected chi connectivity index (χ0v) is 21.3. The second kappa shape index (κ2) is 9.20. The molecule has 0 amide bonds. The van der Waals surface area contributed by atoms with Gasteiger partial charge < -0.3 is 15.7 Å². The normalized spacial score (nSPS) is 20.5. The Hall–Kier alpha value is -3.04. The van der Waals surface area contributed by atoms with Gasteiger partial charge in [-0.2, -0.15) is 0 Å². The van der Waals surface area contributed by atoms with E-state index >= 15 is 0 Å². The predicted molar refractivity (Wildman–Crippen MR) is 136 cm³/mol. The summed E-state index contributed by atoms with van der Waals surface area (Å²) in [6.45, 7) is 4.55. The Morgan fingerprint density at radius 1 is 1.29 bits per heavy atom. The number of imidazole rings is 1. The minimum Gasteiger partial charge on any atom is -0.480 e. The molecule has 5 rings (SSSR count). The van der Waals surface area contributed by atoms with Gasteiger partial charge in [0.2, 0.25) is 0 Å². The number of nitrogens with one attached hydrogen (secondary N) is 2. The number of carboxylic acid groups (broad SMARTS) is 1. The second-order valence-electron chi connectivity index (χ2n) is 9.70. The van der Waals surface area contributed by atoms with E-state index in [9.17, 15) is 14.7 Å². The van der Waals surface area contributed by atoms with Crippen LogP contribution in [0.3, 0.4) is 0 Å².